The Bertz CT molecular complexity index is 1380. The number of hydrogen-bond donors (Lipinski definition) is 2. The minimum atomic E-state index is -0.0676. The van der Waals surface area contributed by atoms with Crippen molar-refractivity contribution in [2.45, 2.75) is 143 Å². The summed E-state index contributed by atoms with van der Waals surface area (Å²) in [5.74, 6) is 14.0. The van der Waals surface area contributed by atoms with Crippen LogP contribution in [0.25, 0.3) is 0 Å². The van der Waals surface area contributed by atoms with Gasteiger partial charge in [0.1, 0.15) is 0 Å². The first kappa shape index (κ1) is 40.0. The molecule has 3 rings (SSSR count). The molecule has 0 saturated carbocycles. The van der Waals surface area contributed by atoms with Crippen molar-refractivity contribution in [3.63, 3.8) is 0 Å². The van der Waals surface area contributed by atoms with Crippen LogP contribution in [-0.4, -0.2) is 29.5 Å². The quantitative estimate of drug-likeness (QED) is 0.0513. The predicted molar refractivity (Wildman–Crippen MR) is 218 cm³/mol. The molecule has 0 aliphatic heterocycles. The summed E-state index contributed by atoms with van der Waals surface area (Å²) in [5, 5.41) is 3.84. The maximum atomic E-state index is 6.52. The first-order valence-corrected chi connectivity index (χ1v) is 20.7. The second-order valence-corrected chi connectivity index (χ2v) is 16.4. The summed E-state index contributed by atoms with van der Waals surface area (Å²) in [6.07, 6.45) is 20.9. The SMILES string of the molecule is C=S(C1C=CC(C(CCC)C(C)CCCCCC#CCCC)CC1)N(C)Cc1cc(C(CC)c2cc(N)c(NC)c(CC)c2)ccc1C. The third kappa shape index (κ3) is 11.3. The van der Waals surface area contributed by atoms with E-state index >= 15 is 0 Å². The zero-order valence-corrected chi connectivity index (χ0v) is 32.8. The van der Waals surface area contributed by atoms with E-state index < -0.39 is 0 Å². The van der Waals surface area contributed by atoms with Gasteiger partial charge in [0.05, 0.1) is 11.4 Å². The van der Waals surface area contributed by atoms with Crippen molar-refractivity contribution >= 4 is 27.9 Å². The molecule has 3 N–H and O–H groups in total. The van der Waals surface area contributed by atoms with Crippen LogP contribution >= 0.6 is 10.7 Å². The standard InChI is InChI=1S/C44H69N3S/c1-10-14-15-16-17-18-19-20-22-34(6)42(21-11-2)36-25-27-40(28-26-36)48(9)47(8)32-39-30-37(24-23-33(39)5)41(13-4)38-29-35(12-3)44(46-7)43(45)31-38/h23-25,27,29-31,34,36,40-42,46H,9-14,17-22,26,28,32,45H2,1-8H3. The van der Waals surface area contributed by atoms with Crippen LogP contribution < -0.4 is 11.1 Å². The molecule has 48 heavy (non-hydrogen) atoms. The third-order valence-corrected chi connectivity index (χ3v) is 12.9. The Hall–Kier alpha value is -2.48. The van der Waals surface area contributed by atoms with Crippen LogP contribution in [0.1, 0.15) is 145 Å². The fourth-order valence-corrected chi connectivity index (χ4v) is 9.31. The van der Waals surface area contributed by atoms with Gasteiger partial charge in [0.25, 0.3) is 0 Å². The van der Waals surface area contributed by atoms with Gasteiger partial charge in [-0.15, -0.1) is 22.5 Å². The average Bonchev–Trinajstić information content (AvgIpc) is 3.09. The van der Waals surface area contributed by atoms with Crippen molar-refractivity contribution in [3.05, 3.63) is 70.3 Å². The van der Waals surface area contributed by atoms with Crippen LogP contribution in [0, 0.1) is 36.5 Å². The molecule has 0 saturated heterocycles. The normalized spacial score (nSPS) is 18.6. The highest BCUT2D eigenvalue weighted by molar-refractivity contribution is 8.12. The summed E-state index contributed by atoms with van der Waals surface area (Å²) in [7, 11) is 4.17. The molecule has 0 aromatic heterocycles. The Balaban J connectivity index is 1.63. The zero-order valence-electron chi connectivity index (χ0n) is 32.0. The van der Waals surface area contributed by atoms with Crippen LogP contribution in [0.3, 0.4) is 0 Å². The van der Waals surface area contributed by atoms with Crippen molar-refractivity contribution in [1.29, 1.82) is 0 Å². The number of aryl methyl sites for hydroxylation is 2. The van der Waals surface area contributed by atoms with E-state index in [-0.39, 0.29) is 10.7 Å². The highest BCUT2D eigenvalue weighted by Crippen LogP contribution is 2.40. The molecule has 3 nitrogen and oxygen atoms in total. The van der Waals surface area contributed by atoms with Gasteiger partial charge < -0.3 is 11.1 Å². The number of allylic oxidation sites excluding steroid dienone is 1. The molecule has 0 spiro atoms. The van der Waals surface area contributed by atoms with Gasteiger partial charge in [-0.25, -0.2) is 0 Å². The fourth-order valence-electron chi connectivity index (χ4n) is 7.86. The van der Waals surface area contributed by atoms with E-state index in [4.69, 9.17) is 11.6 Å². The van der Waals surface area contributed by atoms with Gasteiger partial charge in [-0.05, 0) is 111 Å². The topological polar surface area (TPSA) is 41.3 Å². The molecule has 0 bridgehead atoms. The lowest BCUT2D eigenvalue weighted by Crippen LogP contribution is -2.26. The summed E-state index contributed by atoms with van der Waals surface area (Å²) in [6.45, 7) is 14.8. The molecular formula is C44H69N3S. The second kappa shape index (κ2) is 20.9. The molecule has 1 aliphatic carbocycles. The monoisotopic (exact) mass is 672 g/mol. The van der Waals surface area contributed by atoms with E-state index in [0.717, 1.165) is 55.4 Å². The summed E-state index contributed by atoms with van der Waals surface area (Å²) in [5.41, 5.74) is 15.2. The largest absolute Gasteiger partial charge is 0.397 e. The van der Waals surface area contributed by atoms with E-state index in [1.807, 2.05) is 7.05 Å². The maximum absolute atomic E-state index is 6.52. The van der Waals surface area contributed by atoms with Gasteiger partial charge in [-0.2, -0.15) is 0 Å². The lowest BCUT2D eigenvalue weighted by Gasteiger charge is -2.36. The third-order valence-electron chi connectivity index (χ3n) is 10.9. The molecule has 0 amide bonds. The van der Waals surface area contributed by atoms with Crippen LogP contribution in [0.15, 0.2) is 42.5 Å². The number of unbranched alkanes of at least 4 members (excludes halogenated alkanes) is 4. The van der Waals surface area contributed by atoms with Gasteiger partial charge in [-0.3, -0.25) is 4.31 Å². The molecule has 266 valence electrons. The number of hydrogen-bond acceptors (Lipinski definition) is 3. The molecule has 6 atom stereocenters. The van der Waals surface area contributed by atoms with E-state index in [1.165, 1.54) is 85.6 Å². The lowest BCUT2D eigenvalue weighted by atomic mass is 9.74. The summed E-state index contributed by atoms with van der Waals surface area (Å²) in [6, 6.07) is 11.6. The lowest BCUT2D eigenvalue weighted by molar-refractivity contribution is 0.227. The van der Waals surface area contributed by atoms with Gasteiger partial charge in [0, 0.05) is 37.6 Å². The predicted octanol–water partition coefficient (Wildman–Crippen LogP) is 11.9. The Morgan fingerprint density at radius 1 is 0.938 bits per heavy atom. The minimum Gasteiger partial charge on any atom is -0.397 e. The Morgan fingerprint density at radius 2 is 1.69 bits per heavy atom. The number of rotatable bonds is 19. The zero-order chi connectivity index (χ0) is 35.1. The Morgan fingerprint density at radius 3 is 2.33 bits per heavy atom. The highest BCUT2D eigenvalue weighted by atomic mass is 32.2. The first-order chi connectivity index (χ1) is 23.2. The number of nitrogens with two attached hydrogens (primary N) is 1. The molecular weight excluding hydrogens is 603 g/mol. The molecule has 1 aliphatic rings. The number of nitrogens with zero attached hydrogens (tertiary/aromatic N) is 1. The molecule has 0 heterocycles. The van der Waals surface area contributed by atoms with Crippen LogP contribution in [-0.2, 0) is 13.0 Å². The second-order valence-electron chi connectivity index (χ2n) is 14.4. The number of benzene rings is 2. The van der Waals surface area contributed by atoms with Crippen molar-refractivity contribution < 1.29 is 0 Å². The summed E-state index contributed by atoms with van der Waals surface area (Å²) >= 11 is 0. The number of anilines is 2. The van der Waals surface area contributed by atoms with Crippen molar-refractivity contribution in [2.24, 2.45) is 17.8 Å². The molecule has 0 fully saturated rings. The molecule has 2 aromatic rings. The van der Waals surface area contributed by atoms with E-state index in [2.05, 4.69) is 113 Å². The van der Waals surface area contributed by atoms with Crippen LogP contribution in [0.5, 0.6) is 0 Å². The highest BCUT2D eigenvalue weighted by Gasteiger charge is 2.28. The maximum Gasteiger partial charge on any atom is 0.0603 e. The van der Waals surface area contributed by atoms with E-state index in [0.29, 0.717) is 17.1 Å². The average molecular weight is 672 g/mol. The number of nitrogen functional groups attached to an aromatic ring is 1. The molecule has 0 radical (unpaired) electrons. The van der Waals surface area contributed by atoms with Crippen molar-refractivity contribution in [3.8, 4) is 11.8 Å². The summed E-state index contributed by atoms with van der Waals surface area (Å²) in [4.78, 5) is 0. The summed E-state index contributed by atoms with van der Waals surface area (Å²) < 4.78 is 2.51. The Kier molecular flexibility index (Phi) is 17.4. The van der Waals surface area contributed by atoms with E-state index in [1.54, 1.807) is 0 Å². The van der Waals surface area contributed by atoms with Gasteiger partial charge in [0.2, 0.25) is 0 Å². The van der Waals surface area contributed by atoms with Crippen LogP contribution in [0.2, 0.25) is 0 Å². The van der Waals surface area contributed by atoms with Crippen molar-refractivity contribution in [1.82, 2.24) is 4.31 Å². The van der Waals surface area contributed by atoms with E-state index in [9.17, 15) is 0 Å². The smallest absolute Gasteiger partial charge is 0.0603 e. The fraction of sp³-hybridized carbons (Fsp3) is 0.614. The van der Waals surface area contributed by atoms with Crippen molar-refractivity contribution in [2.75, 3.05) is 25.1 Å². The Labute approximate surface area is 299 Å². The number of nitrogens with one attached hydrogen (secondary N) is 1. The van der Waals surface area contributed by atoms with Crippen LogP contribution in [0.4, 0.5) is 11.4 Å². The van der Waals surface area contributed by atoms with Gasteiger partial charge in [0.15, 0.2) is 0 Å². The first-order valence-electron chi connectivity index (χ1n) is 19.3. The van der Waals surface area contributed by atoms with Gasteiger partial charge >= 0.3 is 0 Å². The molecule has 2 aromatic carbocycles. The minimum absolute atomic E-state index is 0.0676. The van der Waals surface area contributed by atoms with Gasteiger partial charge in [-0.1, -0.05) is 103 Å². The molecule has 6 unspecified atom stereocenters. The molecule has 4 heteroatoms.